The molecular formula is C18H32N2O3. The van der Waals surface area contributed by atoms with Crippen molar-refractivity contribution in [2.24, 2.45) is 5.41 Å². The van der Waals surface area contributed by atoms with Gasteiger partial charge in [-0.15, -0.1) is 0 Å². The van der Waals surface area contributed by atoms with Gasteiger partial charge in [-0.05, 0) is 77.8 Å². The highest BCUT2D eigenvalue weighted by atomic mass is 16.6. The number of carbonyl (C=O) groups is 1. The molecule has 2 saturated heterocycles. The van der Waals surface area contributed by atoms with Crippen LogP contribution in [-0.2, 0) is 9.47 Å². The number of likely N-dealkylation sites (tertiary alicyclic amines) is 1. The molecule has 2 heterocycles. The number of nitrogens with one attached hydrogen (secondary N) is 1. The molecule has 23 heavy (non-hydrogen) atoms. The maximum atomic E-state index is 12.1. The Morgan fingerprint density at radius 1 is 1.09 bits per heavy atom. The van der Waals surface area contributed by atoms with Gasteiger partial charge in [-0.2, -0.15) is 0 Å². The molecular weight excluding hydrogens is 292 g/mol. The van der Waals surface area contributed by atoms with Gasteiger partial charge in [0.1, 0.15) is 5.60 Å². The van der Waals surface area contributed by atoms with Crippen LogP contribution in [-0.4, -0.2) is 55.0 Å². The van der Waals surface area contributed by atoms with Gasteiger partial charge in [-0.1, -0.05) is 0 Å². The first kappa shape index (κ1) is 17.0. The molecule has 0 bridgehead atoms. The van der Waals surface area contributed by atoms with E-state index < -0.39 is 5.60 Å². The molecule has 0 aromatic carbocycles. The predicted molar refractivity (Wildman–Crippen MR) is 89.5 cm³/mol. The Kier molecular flexibility index (Phi) is 4.88. The summed E-state index contributed by atoms with van der Waals surface area (Å²) < 4.78 is 11.7. The van der Waals surface area contributed by atoms with Crippen molar-refractivity contribution in [3.63, 3.8) is 0 Å². The number of hydrogen-bond donors (Lipinski definition) is 1. The number of hydrogen-bond acceptors (Lipinski definition) is 4. The van der Waals surface area contributed by atoms with Crippen LogP contribution in [0.15, 0.2) is 0 Å². The Bertz CT molecular complexity index is 410. The molecule has 2 aliphatic heterocycles. The molecule has 0 unspecified atom stereocenters. The van der Waals surface area contributed by atoms with E-state index in [0.29, 0.717) is 17.6 Å². The fraction of sp³-hybridized carbons (Fsp3) is 0.944. The average molecular weight is 324 g/mol. The van der Waals surface area contributed by atoms with Crippen LogP contribution in [0.1, 0.15) is 59.3 Å². The van der Waals surface area contributed by atoms with Crippen LogP contribution in [0.5, 0.6) is 0 Å². The fourth-order valence-electron chi connectivity index (χ4n) is 4.10. The Morgan fingerprint density at radius 3 is 2.26 bits per heavy atom. The predicted octanol–water partition coefficient (Wildman–Crippen LogP) is 2.93. The molecule has 0 atom stereocenters. The van der Waals surface area contributed by atoms with E-state index in [1.165, 1.54) is 12.8 Å². The second-order valence-electron chi connectivity index (χ2n) is 8.58. The molecule has 1 N–H and O–H groups in total. The number of nitrogens with zero attached hydrogens (tertiary/aromatic N) is 1. The van der Waals surface area contributed by atoms with Gasteiger partial charge in [0, 0.05) is 13.1 Å². The summed E-state index contributed by atoms with van der Waals surface area (Å²) >= 11 is 0. The zero-order chi connectivity index (χ0) is 16.5. The van der Waals surface area contributed by atoms with E-state index in [9.17, 15) is 4.79 Å². The lowest BCUT2D eigenvalue weighted by molar-refractivity contribution is -0.136. The smallest absolute Gasteiger partial charge is 0.410 e. The molecule has 132 valence electrons. The molecule has 1 spiro atoms. The third-order valence-corrected chi connectivity index (χ3v) is 5.47. The largest absolute Gasteiger partial charge is 0.444 e. The molecule has 0 aromatic rings. The molecule has 1 aliphatic carbocycles. The van der Waals surface area contributed by atoms with Crippen LogP contribution in [0.4, 0.5) is 4.79 Å². The highest BCUT2D eigenvalue weighted by molar-refractivity contribution is 5.68. The van der Waals surface area contributed by atoms with Crippen LogP contribution in [0.25, 0.3) is 0 Å². The summed E-state index contributed by atoms with van der Waals surface area (Å²) in [6, 6.07) is 0. The molecule has 5 nitrogen and oxygen atoms in total. The third-order valence-electron chi connectivity index (χ3n) is 5.47. The lowest BCUT2D eigenvalue weighted by Gasteiger charge is -2.52. The first-order valence-corrected chi connectivity index (χ1v) is 9.19. The van der Waals surface area contributed by atoms with E-state index in [1.54, 1.807) is 0 Å². The molecule has 0 aromatic heterocycles. The van der Waals surface area contributed by atoms with Gasteiger partial charge in [-0.25, -0.2) is 4.79 Å². The van der Waals surface area contributed by atoms with Crippen LogP contribution >= 0.6 is 0 Å². The summed E-state index contributed by atoms with van der Waals surface area (Å²) in [6.07, 6.45) is 7.60. The van der Waals surface area contributed by atoms with Gasteiger partial charge in [0.15, 0.2) is 0 Å². The molecule has 1 saturated carbocycles. The van der Waals surface area contributed by atoms with Crippen LogP contribution in [0.2, 0.25) is 0 Å². The molecule has 1 amide bonds. The quantitative estimate of drug-likeness (QED) is 0.848. The van der Waals surface area contributed by atoms with E-state index in [2.05, 4.69) is 5.32 Å². The summed E-state index contributed by atoms with van der Waals surface area (Å²) in [6.45, 7) is 9.60. The van der Waals surface area contributed by atoms with Crippen LogP contribution < -0.4 is 5.32 Å². The van der Waals surface area contributed by atoms with Crippen molar-refractivity contribution in [1.29, 1.82) is 0 Å². The molecule has 5 heteroatoms. The van der Waals surface area contributed by atoms with Gasteiger partial charge < -0.3 is 19.7 Å². The van der Waals surface area contributed by atoms with Crippen LogP contribution in [0.3, 0.4) is 0 Å². The average Bonchev–Trinajstić information content (AvgIpc) is 2.45. The molecule has 3 fully saturated rings. The third kappa shape index (κ3) is 4.38. The zero-order valence-electron chi connectivity index (χ0n) is 14.9. The number of carbonyl (C=O) groups excluding carboxylic acids is 1. The second-order valence-corrected chi connectivity index (χ2v) is 8.58. The van der Waals surface area contributed by atoms with Crippen molar-refractivity contribution in [2.75, 3.05) is 26.2 Å². The van der Waals surface area contributed by atoms with Crippen LogP contribution in [0, 0.1) is 5.41 Å². The standard InChI is InChI=1S/C18H32N2O3/c1-17(2,3)23-16(21)20-10-6-18(7-11-20)12-15(13-18)22-14-4-8-19-9-5-14/h14-15,19H,4-13H2,1-3H3. The highest BCUT2D eigenvalue weighted by Crippen LogP contribution is 2.50. The monoisotopic (exact) mass is 324 g/mol. The van der Waals surface area contributed by atoms with E-state index >= 15 is 0 Å². The first-order valence-electron chi connectivity index (χ1n) is 9.19. The second kappa shape index (κ2) is 6.60. The zero-order valence-corrected chi connectivity index (χ0v) is 14.9. The van der Waals surface area contributed by atoms with E-state index in [0.717, 1.165) is 51.9 Å². The minimum Gasteiger partial charge on any atom is -0.444 e. The van der Waals surface area contributed by atoms with Crippen molar-refractivity contribution in [2.45, 2.75) is 77.1 Å². The van der Waals surface area contributed by atoms with Crippen molar-refractivity contribution in [3.05, 3.63) is 0 Å². The molecule has 0 radical (unpaired) electrons. The lowest BCUT2D eigenvalue weighted by atomic mass is 9.61. The Morgan fingerprint density at radius 2 is 1.70 bits per heavy atom. The highest BCUT2D eigenvalue weighted by Gasteiger charge is 2.47. The Balaban J connectivity index is 1.39. The molecule has 3 rings (SSSR count). The summed E-state index contributed by atoms with van der Waals surface area (Å²) in [4.78, 5) is 14.0. The van der Waals surface area contributed by atoms with Gasteiger partial charge >= 0.3 is 6.09 Å². The maximum absolute atomic E-state index is 12.1. The van der Waals surface area contributed by atoms with Crippen molar-refractivity contribution in [3.8, 4) is 0 Å². The van der Waals surface area contributed by atoms with Gasteiger partial charge in [0.2, 0.25) is 0 Å². The topological polar surface area (TPSA) is 50.8 Å². The summed E-state index contributed by atoms with van der Waals surface area (Å²) in [5.41, 5.74) is 0.0204. The first-order chi connectivity index (χ1) is 10.9. The number of piperidine rings is 2. The van der Waals surface area contributed by atoms with Crippen molar-refractivity contribution in [1.82, 2.24) is 10.2 Å². The van der Waals surface area contributed by atoms with Crippen molar-refractivity contribution < 1.29 is 14.3 Å². The van der Waals surface area contributed by atoms with E-state index in [1.807, 2.05) is 25.7 Å². The summed E-state index contributed by atoms with van der Waals surface area (Å²) in [7, 11) is 0. The van der Waals surface area contributed by atoms with Gasteiger partial charge in [-0.3, -0.25) is 0 Å². The van der Waals surface area contributed by atoms with E-state index in [-0.39, 0.29) is 6.09 Å². The number of ether oxygens (including phenoxy) is 2. The molecule has 3 aliphatic rings. The van der Waals surface area contributed by atoms with Gasteiger partial charge in [0.05, 0.1) is 12.2 Å². The lowest BCUT2D eigenvalue weighted by Crippen LogP contribution is -2.52. The Labute approximate surface area is 140 Å². The Hall–Kier alpha value is -0.810. The maximum Gasteiger partial charge on any atom is 0.410 e. The normalized spacial score (nSPS) is 26.1. The fourth-order valence-corrected chi connectivity index (χ4v) is 4.10. The minimum atomic E-state index is -0.406. The summed E-state index contributed by atoms with van der Waals surface area (Å²) in [5, 5.41) is 3.38. The minimum absolute atomic E-state index is 0.158. The van der Waals surface area contributed by atoms with E-state index in [4.69, 9.17) is 9.47 Å². The summed E-state index contributed by atoms with van der Waals surface area (Å²) in [5.74, 6) is 0. The number of amides is 1. The SMILES string of the molecule is CC(C)(C)OC(=O)N1CCC2(CC1)CC(OC1CCNCC1)C2. The van der Waals surface area contributed by atoms with Gasteiger partial charge in [0.25, 0.3) is 0 Å². The van der Waals surface area contributed by atoms with Crippen molar-refractivity contribution >= 4 is 6.09 Å². The number of rotatable bonds is 2.